The molecule has 5 rings (SSSR count). The molecule has 1 saturated carbocycles. The van der Waals surface area contributed by atoms with Crippen LogP contribution in [0.25, 0.3) is 5.69 Å². The Morgan fingerprint density at radius 3 is 2.51 bits per heavy atom. The number of sulfonamides is 1. The maximum Gasteiger partial charge on any atom is 0.316 e. The summed E-state index contributed by atoms with van der Waals surface area (Å²) in [5.74, 6) is 0.497. The van der Waals surface area contributed by atoms with Gasteiger partial charge in [-0.05, 0) is 48.7 Å². The van der Waals surface area contributed by atoms with Gasteiger partial charge in [0, 0.05) is 36.6 Å². The Balaban J connectivity index is 1.35. The van der Waals surface area contributed by atoms with Gasteiger partial charge in [0.25, 0.3) is 0 Å². The van der Waals surface area contributed by atoms with Gasteiger partial charge in [0.15, 0.2) is 0 Å². The highest BCUT2D eigenvalue weighted by Gasteiger charge is 2.39. The maximum absolute atomic E-state index is 13.6. The van der Waals surface area contributed by atoms with E-state index < -0.39 is 10.0 Å². The Morgan fingerprint density at radius 2 is 1.85 bits per heavy atom. The van der Waals surface area contributed by atoms with Crippen LogP contribution in [0.5, 0.6) is 11.5 Å². The monoisotopic (exact) mass is 573 g/mol. The molecule has 2 N–H and O–H groups in total. The predicted molar refractivity (Wildman–Crippen MR) is 151 cm³/mol. The molecule has 1 aliphatic heterocycles. The average molecular weight is 574 g/mol. The summed E-state index contributed by atoms with van der Waals surface area (Å²) in [6.07, 6.45) is 3.70. The van der Waals surface area contributed by atoms with Crippen molar-refractivity contribution in [3.05, 3.63) is 69.6 Å². The molecule has 2 heterocycles. The molecule has 2 aliphatic rings. The Morgan fingerprint density at radius 1 is 1.10 bits per heavy atom. The number of nitrogens with two attached hydrogens (primary N) is 1. The van der Waals surface area contributed by atoms with Crippen molar-refractivity contribution in [2.45, 2.75) is 25.5 Å². The molecule has 2 fully saturated rings. The topological polar surface area (TPSA) is 120 Å². The van der Waals surface area contributed by atoms with Crippen LogP contribution in [0.1, 0.15) is 25.3 Å². The molecule has 0 atom stereocenters. The number of nitrogen functional groups attached to an aromatic ring is 1. The Labute approximate surface area is 232 Å². The van der Waals surface area contributed by atoms with Crippen molar-refractivity contribution in [1.82, 2.24) is 14.1 Å². The number of piperazine rings is 1. The summed E-state index contributed by atoms with van der Waals surface area (Å²) in [5, 5.41) is 4.90. The lowest BCUT2D eigenvalue weighted by molar-refractivity contribution is 0.242. The normalized spacial score (nSPS) is 17.2. The van der Waals surface area contributed by atoms with Crippen molar-refractivity contribution >= 4 is 33.0 Å². The fourth-order valence-electron chi connectivity index (χ4n) is 4.54. The van der Waals surface area contributed by atoms with Crippen LogP contribution in [0.4, 0.5) is 11.4 Å². The fourth-order valence-corrected chi connectivity index (χ4v) is 6.23. The maximum atomic E-state index is 13.6. The van der Waals surface area contributed by atoms with E-state index in [9.17, 15) is 13.2 Å². The van der Waals surface area contributed by atoms with Gasteiger partial charge in [-0.25, -0.2) is 8.42 Å². The van der Waals surface area contributed by atoms with Crippen LogP contribution < -0.4 is 25.7 Å². The molecule has 0 radical (unpaired) electrons. The standard InChI is InChI=1S/C27H32ClN5O5S/c1-27(8-9-27)18-38-25-23(16-30-33(26(25)34)21-5-3-4-20(28)15-21)31-10-12-32(13-11-31)39(35,36)17-19-6-7-22(29)24(14-19)37-2/h3-7,14-16H,8-13,17-18,29H2,1-2H3. The van der Waals surface area contributed by atoms with Gasteiger partial charge in [0.1, 0.15) is 11.4 Å². The van der Waals surface area contributed by atoms with Gasteiger partial charge in [-0.2, -0.15) is 14.1 Å². The fraction of sp³-hybridized carbons (Fsp3) is 0.407. The van der Waals surface area contributed by atoms with E-state index in [1.165, 1.54) is 16.1 Å². The molecule has 1 saturated heterocycles. The first-order valence-corrected chi connectivity index (χ1v) is 14.7. The average Bonchev–Trinajstić information content (AvgIpc) is 3.66. The molecule has 39 heavy (non-hydrogen) atoms. The number of benzene rings is 2. The van der Waals surface area contributed by atoms with Gasteiger partial charge in [0.2, 0.25) is 15.8 Å². The first kappa shape index (κ1) is 27.3. The number of methoxy groups -OCH3 is 1. The number of ether oxygens (including phenoxy) is 2. The lowest BCUT2D eigenvalue weighted by Gasteiger charge is -2.35. The molecule has 0 unspecified atom stereocenters. The van der Waals surface area contributed by atoms with Gasteiger partial charge < -0.3 is 20.1 Å². The highest BCUT2D eigenvalue weighted by atomic mass is 35.5. The van der Waals surface area contributed by atoms with Gasteiger partial charge in [-0.3, -0.25) is 4.79 Å². The zero-order valence-electron chi connectivity index (χ0n) is 22.0. The first-order valence-electron chi connectivity index (χ1n) is 12.7. The van der Waals surface area contributed by atoms with E-state index in [0.717, 1.165) is 12.8 Å². The van der Waals surface area contributed by atoms with Gasteiger partial charge in [0.05, 0.1) is 37.0 Å². The summed E-state index contributed by atoms with van der Waals surface area (Å²) < 4.78 is 40.5. The molecule has 0 spiro atoms. The molecule has 0 amide bonds. The second-order valence-electron chi connectivity index (χ2n) is 10.4. The number of halogens is 1. The number of rotatable bonds is 9. The second-order valence-corrected chi connectivity index (χ2v) is 12.8. The molecule has 3 aromatic rings. The quantitative estimate of drug-likeness (QED) is 0.387. The molecule has 1 aromatic heterocycles. The van der Waals surface area contributed by atoms with Gasteiger partial charge in [-0.15, -0.1) is 0 Å². The van der Waals surface area contributed by atoms with E-state index in [2.05, 4.69) is 12.0 Å². The third-order valence-corrected chi connectivity index (χ3v) is 9.34. The molecule has 0 bridgehead atoms. The van der Waals surface area contributed by atoms with Crippen LogP contribution in [0.15, 0.2) is 53.5 Å². The zero-order chi connectivity index (χ0) is 27.8. The lowest BCUT2D eigenvalue weighted by atomic mass is 10.2. The van der Waals surface area contributed by atoms with E-state index >= 15 is 0 Å². The van der Waals surface area contributed by atoms with E-state index in [1.54, 1.807) is 48.7 Å². The van der Waals surface area contributed by atoms with E-state index in [1.807, 2.05) is 4.90 Å². The van der Waals surface area contributed by atoms with Crippen LogP contribution in [0, 0.1) is 5.41 Å². The number of hydrogen-bond acceptors (Lipinski definition) is 8. The summed E-state index contributed by atoms with van der Waals surface area (Å²) in [4.78, 5) is 15.5. The molecular formula is C27H32ClN5O5S. The number of hydrogen-bond donors (Lipinski definition) is 1. The van der Waals surface area contributed by atoms with E-state index in [0.29, 0.717) is 53.1 Å². The minimum Gasteiger partial charge on any atom is -0.495 e. The molecule has 2 aromatic carbocycles. The van der Waals surface area contributed by atoms with Gasteiger partial charge in [-0.1, -0.05) is 30.7 Å². The molecular weight excluding hydrogens is 542 g/mol. The summed E-state index contributed by atoms with van der Waals surface area (Å²) >= 11 is 6.14. The van der Waals surface area contributed by atoms with Crippen molar-refractivity contribution < 1.29 is 17.9 Å². The Hall–Kier alpha value is -3.28. The highest BCUT2D eigenvalue weighted by molar-refractivity contribution is 7.88. The lowest BCUT2D eigenvalue weighted by Crippen LogP contribution is -2.49. The number of anilines is 2. The van der Waals surface area contributed by atoms with Crippen molar-refractivity contribution in [3.8, 4) is 17.2 Å². The number of nitrogens with zero attached hydrogens (tertiary/aromatic N) is 4. The van der Waals surface area contributed by atoms with Crippen LogP contribution in [-0.2, 0) is 15.8 Å². The summed E-state index contributed by atoms with van der Waals surface area (Å²) in [7, 11) is -2.09. The van der Waals surface area contributed by atoms with E-state index in [4.69, 9.17) is 26.8 Å². The van der Waals surface area contributed by atoms with Crippen LogP contribution in [0.2, 0.25) is 5.02 Å². The number of aromatic nitrogens is 2. The molecule has 12 heteroatoms. The third kappa shape index (κ3) is 6.00. The Bertz CT molecular complexity index is 1530. The third-order valence-electron chi connectivity index (χ3n) is 7.26. The smallest absolute Gasteiger partial charge is 0.316 e. The minimum absolute atomic E-state index is 0.0609. The Kier molecular flexibility index (Phi) is 7.49. The van der Waals surface area contributed by atoms with Crippen molar-refractivity contribution in [3.63, 3.8) is 0 Å². The summed E-state index contributed by atoms with van der Waals surface area (Å²) in [5.41, 5.74) is 7.69. The van der Waals surface area contributed by atoms with E-state index in [-0.39, 0.29) is 35.6 Å². The largest absolute Gasteiger partial charge is 0.495 e. The van der Waals surface area contributed by atoms with Crippen molar-refractivity contribution in [2.24, 2.45) is 5.41 Å². The second kappa shape index (κ2) is 10.7. The van der Waals surface area contributed by atoms with Gasteiger partial charge >= 0.3 is 5.56 Å². The zero-order valence-corrected chi connectivity index (χ0v) is 23.5. The van der Waals surface area contributed by atoms with Crippen molar-refractivity contribution in [1.29, 1.82) is 0 Å². The van der Waals surface area contributed by atoms with Crippen LogP contribution >= 0.6 is 11.6 Å². The van der Waals surface area contributed by atoms with Crippen LogP contribution in [0.3, 0.4) is 0 Å². The minimum atomic E-state index is -3.58. The summed E-state index contributed by atoms with van der Waals surface area (Å²) in [6, 6.07) is 11.9. The predicted octanol–water partition coefficient (Wildman–Crippen LogP) is 3.31. The van der Waals surface area contributed by atoms with Crippen molar-refractivity contribution in [2.75, 3.05) is 50.5 Å². The molecule has 10 nitrogen and oxygen atoms in total. The summed E-state index contributed by atoms with van der Waals surface area (Å²) in [6.45, 7) is 3.87. The highest BCUT2D eigenvalue weighted by Crippen LogP contribution is 2.45. The van der Waals surface area contributed by atoms with Crippen LogP contribution in [-0.4, -0.2) is 62.4 Å². The molecule has 208 valence electrons. The molecule has 1 aliphatic carbocycles. The first-order chi connectivity index (χ1) is 18.6. The SMILES string of the molecule is COc1cc(CS(=O)(=O)N2CCN(c3cnn(-c4cccc(Cl)c4)c(=O)c3OCC3(C)CC3)CC2)ccc1N.